The maximum absolute atomic E-state index is 3.91. The molecule has 0 amide bonds. The zero-order valence-electron chi connectivity index (χ0n) is 12.0. The molecule has 1 aromatic rings. The summed E-state index contributed by atoms with van der Waals surface area (Å²) in [6.07, 6.45) is 0. The van der Waals surface area contributed by atoms with Gasteiger partial charge in [-0.05, 0) is 42.9 Å². The summed E-state index contributed by atoms with van der Waals surface area (Å²) < 4.78 is 0. The van der Waals surface area contributed by atoms with Gasteiger partial charge in [0, 0.05) is 11.7 Å². The summed E-state index contributed by atoms with van der Waals surface area (Å²) >= 11 is 0. The minimum absolute atomic E-state index is 0.197. The van der Waals surface area contributed by atoms with E-state index in [1.165, 1.54) is 16.7 Å². The maximum Gasteiger partial charge on any atom is 0.0485 e. The lowest BCUT2D eigenvalue weighted by atomic mass is 9.81. The number of allylic oxidation sites excluding steroid dienone is 1. The van der Waals surface area contributed by atoms with Crippen LogP contribution in [0.3, 0.4) is 0 Å². The third-order valence-corrected chi connectivity index (χ3v) is 3.11. The molecular weight excluding hydrogens is 206 g/mol. The van der Waals surface area contributed by atoms with E-state index in [0.29, 0.717) is 6.04 Å². The van der Waals surface area contributed by atoms with Crippen molar-refractivity contribution in [1.82, 2.24) is 5.32 Å². The molecule has 0 spiro atoms. The second-order valence-corrected chi connectivity index (χ2v) is 5.92. The molecule has 0 saturated heterocycles. The maximum atomic E-state index is 3.91. The molecule has 1 nitrogen and oxygen atoms in total. The topological polar surface area (TPSA) is 12.0 Å². The highest BCUT2D eigenvalue weighted by molar-refractivity contribution is 5.39. The molecule has 0 bridgehead atoms. The van der Waals surface area contributed by atoms with E-state index in [1.807, 2.05) is 6.92 Å². The Kier molecular flexibility index (Phi) is 4.03. The van der Waals surface area contributed by atoms with E-state index in [9.17, 15) is 0 Å². The predicted octanol–water partition coefficient (Wildman–Crippen LogP) is 4.48. The van der Waals surface area contributed by atoms with E-state index in [0.717, 1.165) is 5.70 Å². The Balaban J connectivity index is 3.15. The lowest BCUT2D eigenvalue weighted by Crippen LogP contribution is -2.19. The van der Waals surface area contributed by atoms with Crippen LogP contribution in [0.4, 0.5) is 0 Å². The first-order valence-electron chi connectivity index (χ1n) is 6.25. The van der Waals surface area contributed by atoms with Gasteiger partial charge in [-0.15, -0.1) is 0 Å². The van der Waals surface area contributed by atoms with Crippen molar-refractivity contribution in [3.8, 4) is 0 Å². The minimum Gasteiger partial charge on any atom is -0.383 e. The van der Waals surface area contributed by atoms with Gasteiger partial charge in [-0.3, -0.25) is 0 Å². The van der Waals surface area contributed by atoms with Crippen molar-refractivity contribution in [2.24, 2.45) is 0 Å². The molecule has 0 radical (unpaired) electrons. The fourth-order valence-electron chi connectivity index (χ4n) is 2.38. The molecule has 0 saturated carbocycles. The van der Waals surface area contributed by atoms with Crippen LogP contribution >= 0.6 is 0 Å². The van der Waals surface area contributed by atoms with Crippen molar-refractivity contribution >= 4 is 0 Å². The SMILES string of the molecule is C=C(C)NC(C)c1cccc(C(C)(C)C)c1C. The highest BCUT2D eigenvalue weighted by atomic mass is 14.9. The number of nitrogens with one attached hydrogen (secondary N) is 1. The lowest BCUT2D eigenvalue weighted by Gasteiger charge is -2.26. The first kappa shape index (κ1) is 13.8. The van der Waals surface area contributed by atoms with E-state index in [2.05, 4.69) is 64.7 Å². The Labute approximate surface area is 106 Å². The molecule has 0 aliphatic heterocycles. The van der Waals surface area contributed by atoms with Gasteiger partial charge in [0.2, 0.25) is 0 Å². The largest absolute Gasteiger partial charge is 0.383 e. The van der Waals surface area contributed by atoms with Crippen LogP contribution in [-0.4, -0.2) is 0 Å². The molecule has 1 heteroatoms. The molecule has 1 atom stereocenters. The average molecular weight is 231 g/mol. The zero-order valence-corrected chi connectivity index (χ0v) is 12.0. The quantitative estimate of drug-likeness (QED) is 0.809. The van der Waals surface area contributed by atoms with Crippen LogP contribution in [0, 0.1) is 6.92 Å². The Morgan fingerprint density at radius 1 is 1.29 bits per heavy atom. The Morgan fingerprint density at radius 3 is 2.35 bits per heavy atom. The third-order valence-electron chi connectivity index (χ3n) is 3.11. The Bertz CT molecular complexity index is 410. The Hall–Kier alpha value is -1.24. The molecule has 94 valence electrons. The van der Waals surface area contributed by atoms with Crippen LogP contribution in [0.5, 0.6) is 0 Å². The molecule has 0 fully saturated rings. The summed E-state index contributed by atoms with van der Waals surface area (Å²) in [6, 6.07) is 6.90. The van der Waals surface area contributed by atoms with Gasteiger partial charge < -0.3 is 5.32 Å². The van der Waals surface area contributed by atoms with Gasteiger partial charge in [-0.1, -0.05) is 45.5 Å². The highest BCUT2D eigenvalue weighted by Gasteiger charge is 2.19. The average Bonchev–Trinajstić information content (AvgIpc) is 2.14. The van der Waals surface area contributed by atoms with Crippen molar-refractivity contribution in [2.75, 3.05) is 0 Å². The summed E-state index contributed by atoms with van der Waals surface area (Å²) in [5.74, 6) is 0. The van der Waals surface area contributed by atoms with Crippen molar-refractivity contribution in [3.63, 3.8) is 0 Å². The van der Waals surface area contributed by atoms with Crippen molar-refractivity contribution in [2.45, 2.75) is 53.0 Å². The van der Waals surface area contributed by atoms with E-state index >= 15 is 0 Å². The summed E-state index contributed by atoms with van der Waals surface area (Å²) in [6.45, 7) is 17.1. The van der Waals surface area contributed by atoms with Crippen LogP contribution in [0.2, 0.25) is 0 Å². The third kappa shape index (κ3) is 3.36. The zero-order chi connectivity index (χ0) is 13.2. The molecular formula is C16H25N. The van der Waals surface area contributed by atoms with Crippen molar-refractivity contribution in [3.05, 3.63) is 47.2 Å². The first-order valence-corrected chi connectivity index (χ1v) is 6.25. The first-order chi connectivity index (χ1) is 7.73. The second-order valence-electron chi connectivity index (χ2n) is 5.92. The molecule has 1 aromatic carbocycles. The van der Waals surface area contributed by atoms with E-state index < -0.39 is 0 Å². The van der Waals surface area contributed by atoms with E-state index in [-0.39, 0.29) is 5.41 Å². The molecule has 0 aromatic heterocycles. The number of benzene rings is 1. The van der Waals surface area contributed by atoms with Crippen LogP contribution in [-0.2, 0) is 5.41 Å². The van der Waals surface area contributed by atoms with Crippen LogP contribution in [0.15, 0.2) is 30.5 Å². The predicted molar refractivity (Wildman–Crippen MR) is 76.2 cm³/mol. The molecule has 17 heavy (non-hydrogen) atoms. The summed E-state index contributed by atoms with van der Waals surface area (Å²) in [5, 5.41) is 3.38. The molecule has 1 N–H and O–H groups in total. The van der Waals surface area contributed by atoms with Gasteiger partial charge in [0.15, 0.2) is 0 Å². The fraction of sp³-hybridized carbons (Fsp3) is 0.500. The minimum atomic E-state index is 0.197. The molecule has 0 aliphatic carbocycles. The van der Waals surface area contributed by atoms with E-state index in [4.69, 9.17) is 0 Å². The van der Waals surface area contributed by atoms with Crippen LogP contribution < -0.4 is 5.32 Å². The second kappa shape index (κ2) is 4.95. The Morgan fingerprint density at radius 2 is 1.88 bits per heavy atom. The van der Waals surface area contributed by atoms with Crippen LogP contribution in [0.25, 0.3) is 0 Å². The molecule has 0 aliphatic rings. The summed E-state index contributed by atoms with van der Waals surface area (Å²) in [7, 11) is 0. The van der Waals surface area contributed by atoms with Crippen molar-refractivity contribution in [1.29, 1.82) is 0 Å². The lowest BCUT2D eigenvalue weighted by molar-refractivity contribution is 0.579. The van der Waals surface area contributed by atoms with E-state index in [1.54, 1.807) is 0 Å². The van der Waals surface area contributed by atoms with Gasteiger partial charge in [0.1, 0.15) is 0 Å². The smallest absolute Gasteiger partial charge is 0.0485 e. The molecule has 1 unspecified atom stereocenters. The molecule has 0 heterocycles. The number of hydrogen-bond acceptors (Lipinski definition) is 1. The van der Waals surface area contributed by atoms with Gasteiger partial charge in [0.25, 0.3) is 0 Å². The van der Waals surface area contributed by atoms with Gasteiger partial charge in [-0.25, -0.2) is 0 Å². The normalized spacial score (nSPS) is 13.3. The fourth-order valence-corrected chi connectivity index (χ4v) is 2.38. The van der Waals surface area contributed by atoms with Crippen molar-refractivity contribution < 1.29 is 0 Å². The van der Waals surface area contributed by atoms with Gasteiger partial charge in [0.05, 0.1) is 0 Å². The van der Waals surface area contributed by atoms with Crippen LogP contribution in [0.1, 0.15) is 57.4 Å². The molecule has 1 rings (SSSR count). The number of hydrogen-bond donors (Lipinski definition) is 1. The summed E-state index contributed by atoms with van der Waals surface area (Å²) in [5.41, 5.74) is 5.38. The monoisotopic (exact) mass is 231 g/mol. The number of rotatable bonds is 3. The summed E-state index contributed by atoms with van der Waals surface area (Å²) in [4.78, 5) is 0. The van der Waals surface area contributed by atoms with Gasteiger partial charge in [-0.2, -0.15) is 0 Å². The van der Waals surface area contributed by atoms with Gasteiger partial charge >= 0.3 is 0 Å². The highest BCUT2D eigenvalue weighted by Crippen LogP contribution is 2.30. The standard InChI is InChI=1S/C16H25N/c1-11(2)17-13(4)14-9-8-10-15(12(14)3)16(5,6)7/h8-10,13,17H,1H2,2-7H3.